The number of pyridine rings is 1. The number of halogens is 3. The van der Waals surface area contributed by atoms with Crippen molar-refractivity contribution in [2.75, 3.05) is 75.5 Å². The number of piperidine rings is 1. The van der Waals surface area contributed by atoms with Crippen LogP contribution >= 0.6 is 0 Å². The van der Waals surface area contributed by atoms with E-state index < -0.39 is 17.6 Å². The van der Waals surface area contributed by atoms with Crippen molar-refractivity contribution < 1.29 is 22.7 Å². The van der Waals surface area contributed by atoms with Crippen molar-refractivity contribution in [1.82, 2.24) is 14.8 Å². The molecular weight excluding hydrogens is 621 g/mol. The monoisotopic (exact) mass is 664 g/mol. The summed E-state index contributed by atoms with van der Waals surface area (Å²) in [5, 5.41) is 5.61. The standard InChI is InChI=1S/C35H43F3N8O2/c1-5-40-28-9-11-31(46-18-16-45(17-19-46)22-24-12-14-44(3)15-13-24)43-32(28)33(39)42-29-20-25(7-6-23(29)2)34(47)41-26-8-10-30(48-4)27(21-26)35(36,37)38/h5-11,20-21,24,40H,1,12-19,22H2,2-4H3,(H2,39,42)(H,41,47). The number of piperazine rings is 1. The minimum absolute atomic E-state index is 0.0259. The maximum atomic E-state index is 13.5. The summed E-state index contributed by atoms with van der Waals surface area (Å²) in [5.74, 6) is 0.728. The number of carbonyl (C=O) groups excluding carboxylic acids is 1. The first-order valence-electron chi connectivity index (χ1n) is 16.0. The molecule has 2 aromatic carbocycles. The molecule has 2 aliphatic heterocycles. The van der Waals surface area contributed by atoms with Crippen LogP contribution in [0, 0.1) is 12.8 Å². The van der Waals surface area contributed by atoms with Gasteiger partial charge in [-0.25, -0.2) is 9.98 Å². The fourth-order valence-corrected chi connectivity index (χ4v) is 6.08. The summed E-state index contributed by atoms with van der Waals surface area (Å²) in [6.07, 6.45) is -0.623. The number of methoxy groups -OCH3 is 1. The van der Waals surface area contributed by atoms with Gasteiger partial charge in [-0.2, -0.15) is 13.2 Å². The van der Waals surface area contributed by atoms with Crippen LogP contribution in [0.5, 0.6) is 5.75 Å². The number of nitrogens with two attached hydrogens (primary N) is 1. The van der Waals surface area contributed by atoms with Gasteiger partial charge in [0, 0.05) is 44.0 Å². The van der Waals surface area contributed by atoms with Crippen molar-refractivity contribution in [1.29, 1.82) is 0 Å². The number of alkyl halides is 3. The lowest BCUT2D eigenvalue weighted by atomic mass is 9.96. The van der Waals surface area contributed by atoms with Gasteiger partial charge in [0.1, 0.15) is 17.3 Å². The van der Waals surface area contributed by atoms with Gasteiger partial charge in [-0.1, -0.05) is 12.6 Å². The highest BCUT2D eigenvalue weighted by molar-refractivity contribution is 6.06. The van der Waals surface area contributed by atoms with Gasteiger partial charge in [0.2, 0.25) is 0 Å². The molecule has 0 aliphatic carbocycles. The third kappa shape index (κ3) is 8.45. The predicted octanol–water partition coefficient (Wildman–Crippen LogP) is 5.73. The Hall–Kier alpha value is -4.62. The Kier molecular flexibility index (Phi) is 10.9. The summed E-state index contributed by atoms with van der Waals surface area (Å²) >= 11 is 0. The number of aromatic nitrogens is 1. The molecule has 10 nitrogen and oxygen atoms in total. The molecule has 3 heterocycles. The van der Waals surface area contributed by atoms with Crippen molar-refractivity contribution in [2.24, 2.45) is 16.6 Å². The van der Waals surface area contributed by atoms with Gasteiger partial charge < -0.3 is 30.9 Å². The zero-order valence-electron chi connectivity index (χ0n) is 27.6. The molecule has 3 aromatic rings. The lowest BCUT2D eigenvalue weighted by Crippen LogP contribution is -2.49. The highest BCUT2D eigenvalue weighted by Gasteiger charge is 2.34. The molecule has 5 rings (SSSR count). The van der Waals surface area contributed by atoms with E-state index >= 15 is 0 Å². The van der Waals surface area contributed by atoms with Gasteiger partial charge in [0.15, 0.2) is 5.84 Å². The predicted molar refractivity (Wildman–Crippen MR) is 184 cm³/mol. The van der Waals surface area contributed by atoms with Gasteiger partial charge in [0.05, 0.1) is 24.0 Å². The van der Waals surface area contributed by atoms with Crippen LogP contribution in [0.2, 0.25) is 0 Å². The maximum Gasteiger partial charge on any atom is 0.420 e. The minimum atomic E-state index is -4.65. The number of anilines is 3. The average molecular weight is 665 g/mol. The molecule has 0 atom stereocenters. The van der Waals surface area contributed by atoms with Crippen LogP contribution in [-0.4, -0.2) is 86.5 Å². The number of likely N-dealkylation sites (tertiary alicyclic amines) is 1. The second kappa shape index (κ2) is 15.1. The molecule has 0 spiro atoms. The van der Waals surface area contributed by atoms with E-state index in [4.69, 9.17) is 15.5 Å². The van der Waals surface area contributed by atoms with E-state index in [-0.39, 0.29) is 22.8 Å². The Morgan fingerprint density at radius 2 is 1.81 bits per heavy atom. The van der Waals surface area contributed by atoms with Gasteiger partial charge in [-0.15, -0.1) is 0 Å². The Balaban J connectivity index is 1.32. The van der Waals surface area contributed by atoms with Crippen molar-refractivity contribution in [2.45, 2.75) is 25.9 Å². The van der Waals surface area contributed by atoms with Gasteiger partial charge in [-0.05, 0) is 100 Å². The Morgan fingerprint density at radius 1 is 1.08 bits per heavy atom. The molecule has 13 heteroatoms. The zero-order chi connectivity index (χ0) is 34.4. The fraction of sp³-hybridized carbons (Fsp3) is 0.400. The van der Waals surface area contributed by atoms with E-state index in [9.17, 15) is 18.0 Å². The van der Waals surface area contributed by atoms with Gasteiger partial charge in [-0.3, -0.25) is 9.69 Å². The van der Waals surface area contributed by atoms with Crippen molar-refractivity contribution in [3.8, 4) is 5.75 Å². The molecule has 1 amide bonds. The average Bonchev–Trinajstić information content (AvgIpc) is 3.07. The van der Waals surface area contributed by atoms with Crippen LogP contribution < -0.4 is 26.0 Å². The van der Waals surface area contributed by atoms with Crippen LogP contribution in [0.25, 0.3) is 0 Å². The Labute approximate surface area is 279 Å². The number of amides is 1. The summed E-state index contributed by atoms with van der Waals surface area (Å²) in [6.45, 7) is 12.7. The smallest absolute Gasteiger partial charge is 0.420 e. The molecule has 48 heavy (non-hydrogen) atoms. The molecule has 0 saturated carbocycles. The number of hydrogen-bond donors (Lipinski definition) is 3. The lowest BCUT2D eigenvalue weighted by molar-refractivity contribution is -0.138. The van der Waals surface area contributed by atoms with Crippen LogP contribution in [0.1, 0.15) is 40.0 Å². The second-order valence-electron chi connectivity index (χ2n) is 12.3. The van der Waals surface area contributed by atoms with Crippen molar-refractivity contribution in [3.63, 3.8) is 0 Å². The molecule has 256 valence electrons. The molecule has 0 bridgehead atoms. The van der Waals surface area contributed by atoms with E-state index in [1.807, 2.05) is 19.1 Å². The number of hydrogen-bond acceptors (Lipinski definition) is 8. The number of nitrogens with zero attached hydrogens (tertiary/aromatic N) is 5. The number of rotatable bonds is 10. The Bertz CT molecular complexity index is 1650. The van der Waals surface area contributed by atoms with E-state index in [2.05, 4.69) is 44.0 Å². The largest absolute Gasteiger partial charge is 0.496 e. The van der Waals surface area contributed by atoms with Crippen LogP contribution in [0.15, 0.2) is 66.3 Å². The highest BCUT2D eigenvalue weighted by Crippen LogP contribution is 2.38. The summed E-state index contributed by atoms with van der Waals surface area (Å²) in [6, 6.07) is 12.0. The van der Waals surface area contributed by atoms with E-state index in [1.165, 1.54) is 25.1 Å². The molecular formula is C35H43F3N8O2. The maximum absolute atomic E-state index is 13.5. The topological polar surface area (TPSA) is 111 Å². The first kappa shape index (κ1) is 34.7. The van der Waals surface area contributed by atoms with E-state index in [0.717, 1.165) is 82.4 Å². The van der Waals surface area contributed by atoms with E-state index in [0.29, 0.717) is 17.1 Å². The number of aliphatic imine (C=N–C) groups is 1. The third-order valence-electron chi connectivity index (χ3n) is 8.91. The molecule has 0 unspecified atom stereocenters. The number of carbonyl (C=O) groups is 1. The second-order valence-corrected chi connectivity index (χ2v) is 12.3. The summed E-state index contributed by atoms with van der Waals surface area (Å²) in [5.41, 5.74) is 7.97. The summed E-state index contributed by atoms with van der Waals surface area (Å²) in [7, 11) is 3.34. The minimum Gasteiger partial charge on any atom is -0.496 e. The molecule has 2 aliphatic rings. The number of aryl methyl sites for hydroxylation is 1. The molecule has 4 N–H and O–H groups in total. The van der Waals surface area contributed by atoms with Crippen LogP contribution in [0.3, 0.4) is 0 Å². The number of benzene rings is 2. The molecule has 2 saturated heterocycles. The number of ether oxygens (including phenoxy) is 1. The third-order valence-corrected chi connectivity index (χ3v) is 8.91. The fourth-order valence-electron chi connectivity index (χ4n) is 6.08. The molecule has 0 radical (unpaired) electrons. The molecule has 2 fully saturated rings. The van der Waals surface area contributed by atoms with Crippen molar-refractivity contribution in [3.05, 3.63) is 83.7 Å². The highest BCUT2D eigenvalue weighted by atomic mass is 19.4. The summed E-state index contributed by atoms with van der Waals surface area (Å²) < 4.78 is 45.4. The number of amidine groups is 1. The number of nitrogens with one attached hydrogen (secondary N) is 2. The van der Waals surface area contributed by atoms with Crippen LogP contribution in [0.4, 0.5) is 36.1 Å². The SMILES string of the molecule is C=CNc1ccc(N2CCN(CC3CCN(C)CC3)CC2)nc1C(N)=Nc1cc(C(=O)Nc2ccc(OC)c(C(F)(F)F)c2)ccc1C. The molecule has 1 aromatic heterocycles. The first-order valence-corrected chi connectivity index (χ1v) is 16.0. The Morgan fingerprint density at radius 3 is 2.48 bits per heavy atom. The van der Waals surface area contributed by atoms with Crippen LogP contribution in [-0.2, 0) is 6.18 Å². The van der Waals surface area contributed by atoms with Gasteiger partial charge in [0.25, 0.3) is 5.91 Å². The first-order chi connectivity index (χ1) is 22.9. The van der Waals surface area contributed by atoms with Gasteiger partial charge >= 0.3 is 6.18 Å². The quantitative estimate of drug-likeness (QED) is 0.186. The zero-order valence-corrected chi connectivity index (χ0v) is 27.6. The lowest BCUT2D eigenvalue weighted by Gasteiger charge is -2.38. The van der Waals surface area contributed by atoms with E-state index in [1.54, 1.807) is 18.2 Å². The summed E-state index contributed by atoms with van der Waals surface area (Å²) in [4.78, 5) is 29.8. The van der Waals surface area contributed by atoms with Crippen molar-refractivity contribution >= 4 is 34.6 Å². The normalized spacial score (nSPS) is 16.9.